The first-order valence-electron chi connectivity index (χ1n) is 5.37. The molecule has 2 nitrogen and oxygen atoms in total. The summed E-state index contributed by atoms with van der Waals surface area (Å²) in [6.07, 6.45) is 1.11. The first-order valence-corrected chi connectivity index (χ1v) is 5.37. The van der Waals surface area contributed by atoms with E-state index in [1.54, 1.807) is 0 Å². The lowest BCUT2D eigenvalue weighted by molar-refractivity contribution is 0.674. The molecule has 0 spiro atoms. The third-order valence-corrected chi connectivity index (χ3v) is 2.98. The molecule has 1 heterocycles. The van der Waals surface area contributed by atoms with Gasteiger partial charge in [-0.05, 0) is 24.6 Å². The normalized spacial score (nSPS) is 19.1. The highest BCUT2D eigenvalue weighted by Gasteiger charge is 2.22. The van der Waals surface area contributed by atoms with Gasteiger partial charge in [-0.3, -0.25) is 0 Å². The standard InChI is InChI=1S/C12H18N2/c1-3-9-5-4-6-11-10(7-13-2)8-14-12(9)11/h4-6,10,13-14H,3,7-8H2,1-2H3. The van der Waals surface area contributed by atoms with Crippen LogP contribution in [-0.2, 0) is 6.42 Å². The number of aryl methyl sites for hydroxylation is 1. The Labute approximate surface area is 85.7 Å². The van der Waals surface area contributed by atoms with Crippen molar-refractivity contribution in [2.75, 3.05) is 25.5 Å². The van der Waals surface area contributed by atoms with Crippen molar-refractivity contribution in [3.63, 3.8) is 0 Å². The summed E-state index contributed by atoms with van der Waals surface area (Å²) in [4.78, 5) is 0. The first kappa shape index (κ1) is 9.53. The fourth-order valence-electron chi connectivity index (χ4n) is 2.23. The van der Waals surface area contributed by atoms with Crippen LogP contribution in [0.15, 0.2) is 18.2 Å². The molecule has 1 aliphatic rings. The van der Waals surface area contributed by atoms with E-state index in [9.17, 15) is 0 Å². The molecule has 0 bridgehead atoms. The van der Waals surface area contributed by atoms with E-state index >= 15 is 0 Å². The smallest absolute Gasteiger partial charge is 0.0409 e. The Morgan fingerprint density at radius 3 is 3.07 bits per heavy atom. The monoisotopic (exact) mass is 190 g/mol. The van der Waals surface area contributed by atoms with Crippen molar-refractivity contribution in [3.8, 4) is 0 Å². The maximum Gasteiger partial charge on any atom is 0.0409 e. The van der Waals surface area contributed by atoms with E-state index in [0.29, 0.717) is 5.92 Å². The molecule has 1 aliphatic heterocycles. The quantitative estimate of drug-likeness (QED) is 0.761. The lowest BCUT2D eigenvalue weighted by atomic mass is 9.98. The van der Waals surface area contributed by atoms with Crippen molar-refractivity contribution < 1.29 is 0 Å². The molecule has 0 saturated heterocycles. The summed E-state index contributed by atoms with van der Waals surface area (Å²) in [5, 5.41) is 6.76. The molecule has 0 aromatic heterocycles. The van der Waals surface area contributed by atoms with Crippen LogP contribution in [0.5, 0.6) is 0 Å². The van der Waals surface area contributed by atoms with Crippen LogP contribution >= 0.6 is 0 Å². The van der Waals surface area contributed by atoms with E-state index in [-0.39, 0.29) is 0 Å². The van der Waals surface area contributed by atoms with Crippen LogP contribution in [-0.4, -0.2) is 20.1 Å². The molecule has 0 radical (unpaired) electrons. The van der Waals surface area contributed by atoms with E-state index in [4.69, 9.17) is 0 Å². The second-order valence-corrected chi connectivity index (χ2v) is 3.87. The first-order chi connectivity index (χ1) is 6.86. The fraction of sp³-hybridized carbons (Fsp3) is 0.500. The van der Waals surface area contributed by atoms with Crippen LogP contribution < -0.4 is 10.6 Å². The Kier molecular flexibility index (Phi) is 2.73. The van der Waals surface area contributed by atoms with E-state index in [0.717, 1.165) is 19.5 Å². The number of likely N-dealkylation sites (N-methyl/N-ethyl adjacent to an activating group) is 1. The average molecular weight is 190 g/mol. The van der Waals surface area contributed by atoms with Gasteiger partial charge in [0.25, 0.3) is 0 Å². The Morgan fingerprint density at radius 2 is 2.36 bits per heavy atom. The Bertz CT molecular complexity index is 320. The van der Waals surface area contributed by atoms with Gasteiger partial charge in [0.05, 0.1) is 0 Å². The van der Waals surface area contributed by atoms with E-state index in [2.05, 4.69) is 35.8 Å². The Hall–Kier alpha value is -1.02. The van der Waals surface area contributed by atoms with E-state index in [1.807, 2.05) is 7.05 Å². The predicted molar refractivity (Wildman–Crippen MR) is 61.0 cm³/mol. The van der Waals surface area contributed by atoms with E-state index < -0.39 is 0 Å². The maximum absolute atomic E-state index is 3.51. The number of benzene rings is 1. The maximum atomic E-state index is 3.51. The lowest BCUT2D eigenvalue weighted by Crippen LogP contribution is -2.18. The molecule has 14 heavy (non-hydrogen) atoms. The van der Waals surface area contributed by atoms with Crippen molar-refractivity contribution >= 4 is 5.69 Å². The van der Waals surface area contributed by atoms with Crippen LogP contribution in [0, 0.1) is 0 Å². The van der Waals surface area contributed by atoms with Gasteiger partial charge < -0.3 is 10.6 Å². The number of hydrogen-bond donors (Lipinski definition) is 2. The zero-order valence-electron chi connectivity index (χ0n) is 8.93. The van der Waals surface area contributed by atoms with Gasteiger partial charge in [-0.15, -0.1) is 0 Å². The van der Waals surface area contributed by atoms with Gasteiger partial charge in [0.15, 0.2) is 0 Å². The second-order valence-electron chi connectivity index (χ2n) is 3.87. The van der Waals surface area contributed by atoms with Gasteiger partial charge in [0, 0.05) is 24.7 Å². The second kappa shape index (κ2) is 4.01. The zero-order chi connectivity index (χ0) is 9.97. The number of para-hydroxylation sites is 1. The van der Waals surface area contributed by atoms with Crippen molar-refractivity contribution in [2.24, 2.45) is 0 Å². The van der Waals surface area contributed by atoms with Crippen LogP contribution in [0.3, 0.4) is 0 Å². The summed E-state index contributed by atoms with van der Waals surface area (Å²) in [5.41, 5.74) is 4.31. The molecule has 76 valence electrons. The third kappa shape index (κ3) is 1.50. The van der Waals surface area contributed by atoms with Gasteiger partial charge in [0.2, 0.25) is 0 Å². The summed E-state index contributed by atoms with van der Waals surface area (Å²) in [6, 6.07) is 6.64. The highest BCUT2D eigenvalue weighted by Crippen LogP contribution is 2.33. The molecule has 2 N–H and O–H groups in total. The number of fused-ring (bicyclic) bond motifs is 1. The van der Waals surface area contributed by atoms with Gasteiger partial charge >= 0.3 is 0 Å². The minimum absolute atomic E-state index is 0.640. The molecule has 1 atom stereocenters. The number of nitrogens with one attached hydrogen (secondary N) is 2. The largest absolute Gasteiger partial charge is 0.384 e. The van der Waals surface area contributed by atoms with Crippen LogP contribution in [0.2, 0.25) is 0 Å². The van der Waals surface area contributed by atoms with E-state index in [1.165, 1.54) is 16.8 Å². The highest BCUT2D eigenvalue weighted by atomic mass is 14.9. The number of anilines is 1. The van der Waals surface area contributed by atoms with Crippen LogP contribution in [0.1, 0.15) is 24.0 Å². The minimum atomic E-state index is 0.640. The van der Waals surface area contributed by atoms with Crippen molar-refractivity contribution in [1.82, 2.24) is 5.32 Å². The Morgan fingerprint density at radius 1 is 1.50 bits per heavy atom. The molecule has 0 aliphatic carbocycles. The Balaban J connectivity index is 2.31. The van der Waals surface area contributed by atoms with Gasteiger partial charge in [-0.1, -0.05) is 25.1 Å². The molecule has 0 fully saturated rings. The SMILES string of the molecule is CCc1cccc2c1NCC2CNC. The van der Waals surface area contributed by atoms with Crippen LogP contribution in [0.4, 0.5) is 5.69 Å². The molecule has 2 rings (SSSR count). The van der Waals surface area contributed by atoms with Gasteiger partial charge in [-0.25, -0.2) is 0 Å². The lowest BCUT2D eigenvalue weighted by Gasteiger charge is -2.09. The van der Waals surface area contributed by atoms with Crippen molar-refractivity contribution in [3.05, 3.63) is 29.3 Å². The zero-order valence-corrected chi connectivity index (χ0v) is 8.93. The minimum Gasteiger partial charge on any atom is -0.384 e. The summed E-state index contributed by atoms with van der Waals surface area (Å²) in [5.74, 6) is 0.640. The average Bonchev–Trinajstić information content (AvgIpc) is 2.62. The molecule has 1 aromatic rings. The van der Waals surface area contributed by atoms with Crippen molar-refractivity contribution in [1.29, 1.82) is 0 Å². The summed E-state index contributed by atoms with van der Waals surface area (Å²) in [6.45, 7) is 4.35. The topological polar surface area (TPSA) is 24.1 Å². The molecule has 1 unspecified atom stereocenters. The fourth-order valence-corrected chi connectivity index (χ4v) is 2.23. The van der Waals surface area contributed by atoms with Gasteiger partial charge in [-0.2, -0.15) is 0 Å². The number of rotatable bonds is 3. The third-order valence-electron chi connectivity index (χ3n) is 2.98. The highest BCUT2D eigenvalue weighted by molar-refractivity contribution is 5.63. The molecule has 2 heteroatoms. The van der Waals surface area contributed by atoms with Crippen LogP contribution in [0.25, 0.3) is 0 Å². The number of hydrogen-bond acceptors (Lipinski definition) is 2. The summed E-state index contributed by atoms with van der Waals surface area (Å²) >= 11 is 0. The molecule has 0 amide bonds. The van der Waals surface area contributed by atoms with Gasteiger partial charge in [0.1, 0.15) is 0 Å². The molecule has 1 aromatic carbocycles. The predicted octanol–water partition coefficient (Wildman–Crippen LogP) is 1.98. The molecule has 0 saturated carbocycles. The molecular weight excluding hydrogens is 172 g/mol. The van der Waals surface area contributed by atoms with Crippen molar-refractivity contribution in [2.45, 2.75) is 19.3 Å². The summed E-state index contributed by atoms with van der Waals surface area (Å²) < 4.78 is 0. The summed E-state index contributed by atoms with van der Waals surface area (Å²) in [7, 11) is 2.02. The molecular formula is C12H18N2.